The number of nitrogens with one attached hydrogen (secondary N) is 1. The third kappa shape index (κ3) is 4.17. The fourth-order valence-electron chi connectivity index (χ4n) is 3.87. The van der Waals surface area contributed by atoms with Gasteiger partial charge in [-0.3, -0.25) is 4.90 Å². The fourth-order valence-corrected chi connectivity index (χ4v) is 3.87. The number of hydrogen-bond donors (Lipinski definition) is 1. The van der Waals surface area contributed by atoms with E-state index in [1.807, 2.05) is 7.11 Å². The van der Waals surface area contributed by atoms with Gasteiger partial charge in [0.05, 0.1) is 6.61 Å². The number of hydrogen-bond acceptors (Lipinski definition) is 4. The van der Waals surface area contributed by atoms with Gasteiger partial charge < -0.3 is 15.0 Å². The van der Waals surface area contributed by atoms with Crippen LogP contribution in [-0.4, -0.2) is 74.9 Å². The molecule has 0 amide bonds. The first kappa shape index (κ1) is 16.2. The molecule has 0 saturated carbocycles. The maximum atomic E-state index is 5.45. The Balaban J connectivity index is 1.90. The average molecular weight is 283 g/mol. The zero-order valence-corrected chi connectivity index (χ0v) is 13.8. The summed E-state index contributed by atoms with van der Waals surface area (Å²) in [5, 5.41) is 3.58. The van der Waals surface area contributed by atoms with E-state index in [0.717, 1.165) is 25.1 Å². The highest BCUT2D eigenvalue weighted by molar-refractivity contribution is 4.91. The summed E-state index contributed by atoms with van der Waals surface area (Å²) in [7, 11) is 4.13. The number of ether oxygens (including phenoxy) is 1. The summed E-state index contributed by atoms with van der Waals surface area (Å²) in [4.78, 5) is 5.25. The minimum Gasteiger partial charge on any atom is -0.383 e. The summed E-state index contributed by atoms with van der Waals surface area (Å²) >= 11 is 0. The van der Waals surface area contributed by atoms with Crippen molar-refractivity contribution < 1.29 is 4.74 Å². The van der Waals surface area contributed by atoms with Gasteiger partial charge in [0.15, 0.2) is 0 Å². The van der Waals surface area contributed by atoms with E-state index >= 15 is 0 Å². The second-order valence-electron chi connectivity index (χ2n) is 6.91. The summed E-state index contributed by atoms with van der Waals surface area (Å²) in [6.45, 7) is 10.1. The molecule has 2 fully saturated rings. The van der Waals surface area contributed by atoms with Gasteiger partial charge in [0.2, 0.25) is 0 Å². The van der Waals surface area contributed by atoms with Crippen LogP contribution in [0.2, 0.25) is 0 Å². The third-order valence-corrected chi connectivity index (χ3v) is 5.01. The van der Waals surface area contributed by atoms with Crippen molar-refractivity contribution in [1.82, 2.24) is 15.1 Å². The zero-order chi connectivity index (χ0) is 14.5. The molecule has 2 saturated heterocycles. The van der Waals surface area contributed by atoms with Crippen LogP contribution in [0.3, 0.4) is 0 Å². The van der Waals surface area contributed by atoms with Gasteiger partial charge >= 0.3 is 0 Å². The van der Waals surface area contributed by atoms with E-state index in [9.17, 15) is 0 Å². The number of likely N-dealkylation sites (tertiary alicyclic amines) is 2. The van der Waals surface area contributed by atoms with Crippen LogP contribution < -0.4 is 5.32 Å². The molecule has 3 unspecified atom stereocenters. The molecular formula is C16H33N3O. The molecule has 2 rings (SSSR count). The Labute approximate surface area is 124 Å². The number of methoxy groups -OCH3 is 1. The monoisotopic (exact) mass is 283 g/mol. The smallest absolute Gasteiger partial charge is 0.0630 e. The van der Waals surface area contributed by atoms with Gasteiger partial charge in [0.25, 0.3) is 0 Å². The standard InChI is InChI=1S/C16H33N3O/c1-13(2)17-10-15(12-20-4)19-9-7-16-14(11-19)6-5-8-18(16)3/h13-17H,5-12H2,1-4H3. The van der Waals surface area contributed by atoms with Gasteiger partial charge in [0, 0.05) is 44.9 Å². The Kier molecular flexibility index (Phi) is 6.27. The minimum atomic E-state index is 0.524. The lowest BCUT2D eigenvalue weighted by atomic mass is 9.83. The molecule has 0 radical (unpaired) electrons. The molecule has 2 aliphatic heterocycles. The molecule has 4 heteroatoms. The van der Waals surface area contributed by atoms with Crippen molar-refractivity contribution in [2.75, 3.05) is 46.9 Å². The van der Waals surface area contributed by atoms with E-state index in [2.05, 4.69) is 36.0 Å². The van der Waals surface area contributed by atoms with Crippen molar-refractivity contribution in [1.29, 1.82) is 0 Å². The molecule has 3 atom stereocenters. The molecule has 118 valence electrons. The minimum absolute atomic E-state index is 0.524. The van der Waals surface area contributed by atoms with Gasteiger partial charge in [-0.1, -0.05) is 13.8 Å². The third-order valence-electron chi connectivity index (χ3n) is 5.01. The van der Waals surface area contributed by atoms with E-state index < -0.39 is 0 Å². The number of piperidine rings is 2. The molecule has 0 spiro atoms. The van der Waals surface area contributed by atoms with Crippen LogP contribution in [0.4, 0.5) is 0 Å². The van der Waals surface area contributed by atoms with Gasteiger partial charge in [-0.2, -0.15) is 0 Å². The summed E-state index contributed by atoms with van der Waals surface area (Å²) < 4.78 is 5.45. The molecule has 1 N–H and O–H groups in total. The highest BCUT2D eigenvalue weighted by atomic mass is 16.5. The number of fused-ring (bicyclic) bond motifs is 1. The van der Waals surface area contributed by atoms with Crippen molar-refractivity contribution in [3.8, 4) is 0 Å². The van der Waals surface area contributed by atoms with Crippen LogP contribution in [-0.2, 0) is 4.74 Å². The fraction of sp³-hybridized carbons (Fsp3) is 1.00. The predicted octanol–water partition coefficient (Wildman–Crippen LogP) is 1.42. The highest BCUT2D eigenvalue weighted by Crippen LogP contribution is 2.30. The van der Waals surface area contributed by atoms with Gasteiger partial charge in [-0.25, -0.2) is 0 Å². The Morgan fingerprint density at radius 2 is 2.05 bits per heavy atom. The molecular weight excluding hydrogens is 250 g/mol. The van der Waals surface area contributed by atoms with Crippen molar-refractivity contribution in [3.05, 3.63) is 0 Å². The molecule has 0 aromatic carbocycles. The Morgan fingerprint density at radius 1 is 1.25 bits per heavy atom. The summed E-state index contributed by atoms with van der Waals surface area (Å²) in [6, 6.07) is 1.89. The van der Waals surface area contributed by atoms with Crippen LogP contribution in [0.25, 0.3) is 0 Å². The summed E-state index contributed by atoms with van der Waals surface area (Å²) in [5.74, 6) is 0.862. The molecule has 4 nitrogen and oxygen atoms in total. The lowest BCUT2D eigenvalue weighted by Crippen LogP contribution is -2.57. The van der Waals surface area contributed by atoms with E-state index in [-0.39, 0.29) is 0 Å². The van der Waals surface area contributed by atoms with E-state index in [0.29, 0.717) is 12.1 Å². The van der Waals surface area contributed by atoms with E-state index in [1.54, 1.807) is 0 Å². The molecule has 2 aliphatic rings. The maximum absolute atomic E-state index is 5.45. The molecule has 0 aromatic rings. The maximum Gasteiger partial charge on any atom is 0.0630 e. The van der Waals surface area contributed by atoms with Gasteiger partial charge in [0.1, 0.15) is 0 Å². The second kappa shape index (κ2) is 7.74. The van der Waals surface area contributed by atoms with E-state index in [4.69, 9.17) is 4.74 Å². The topological polar surface area (TPSA) is 27.7 Å². The van der Waals surface area contributed by atoms with Crippen molar-refractivity contribution in [3.63, 3.8) is 0 Å². The van der Waals surface area contributed by atoms with Crippen LogP contribution in [0.15, 0.2) is 0 Å². The van der Waals surface area contributed by atoms with Crippen LogP contribution in [0.5, 0.6) is 0 Å². The Hall–Kier alpha value is -0.160. The molecule has 20 heavy (non-hydrogen) atoms. The second-order valence-corrected chi connectivity index (χ2v) is 6.91. The first-order valence-corrected chi connectivity index (χ1v) is 8.28. The zero-order valence-electron chi connectivity index (χ0n) is 13.8. The predicted molar refractivity (Wildman–Crippen MR) is 84.1 cm³/mol. The van der Waals surface area contributed by atoms with Crippen molar-refractivity contribution >= 4 is 0 Å². The van der Waals surface area contributed by atoms with Gasteiger partial charge in [-0.15, -0.1) is 0 Å². The quantitative estimate of drug-likeness (QED) is 0.798. The van der Waals surface area contributed by atoms with Crippen molar-refractivity contribution in [2.24, 2.45) is 5.92 Å². The molecule has 0 aromatic heterocycles. The van der Waals surface area contributed by atoms with E-state index in [1.165, 1.54) is 38.9 Å². The van der Waals surface area contributed by atoms with Crippen LogP contribution in [0.1, 0.15) is 33.1 Å². The Morgan fingerprint density at radius 3 is 2.75 bits per heavy atom. The van der Waals surface area contributed by atoms with Crippen LogP contribution >= 0.6 is 0 Å². The highest BCUT2D eigenvalue weighted by Gasteiger charge is 2.36. The molecule has 2 heterocycles. The normalized spacial score (nSPS) is 30.4. The first-order chi connectivity index (χ1) is 9.61. The first-order valence-electron chi connectivity index (χ1n) is 8.28. The average Bonchev–Trinajstić information content (AvgIpc) is 2.43. The number of nitrogens with zero attached hydrogens (tertiary/aromatic N) is 2. The summed E-state index contributed by atoms with van der Waals surface area (Å²) in [6.07, 6.45) is 4.09. The van der Waals surface area contributed by atoms with Crippen LogP contribution in [0, 0.1) is 5.92 Å². The molecule has 0 aliphatic carbocycles. The SMILES string of the molecule is COCC(CNC(C)C)N1CCC2C(CCCN2C)C1. The molecule has 0 bridgehead atoms. The summed E-state index contributed by atoms with van der Waals surface area (Å²) in [5.41, 5.74) is 0. The largest absolute Gasteiger partial charge is 0.383 e. The Bertz CT molecular complexity index is 285. The van der Waals surface area contributed by atoms with Gasteiger partial charge in [-0.05, 0) is 38.8 Å². The van der Waals surface area contributed by atoms with Crippen molar-refractivity contribution in [2.45, 2.75) is 51.2 Å². The lowest BCUT2D eigenvalue weighted by Gasteiger charge is -2.48. The number of rotatable bonds is 6. The lowest BCUT2D eigenvalue weighted by molar-refractivity contribution is 0.00111.